The highest BCUT2D eigenvalue weighted by molar-refractivity contribution is 5.93. The number of esters is 1. The normalized spacial score (nSPS) is 10.8. The third-order valence-electron chi connectivity index (χ3n) is 3.72. The van der Waals surface area contributed by atoms with Crippen LogP contribution in [-0.2, 0) is 11.3 Å². The van der Waals surface area contributed by atoms with Gasteiger partial charge in [0.05, 0.1) is 12.1 Å². The molecule has 0 aliphatic heterocycles. The van der Waals surface area contributed by atoms with Gasteiger partial charge in [-0.15, -0.1) is 0 Å². The lowest BCUT2D eigenvalue weighted by molar-refractivity contribution is 0.0524. The molecular formula is C19H16FNO3. The summed E-state index contributed by atoms with van der Waals surface area (Å²) in [6.45, 7) is 2.21. The third kappa shape index (κ3) is 3.06. The van der Waals surface area contributed by atoms with Crippen molar-refractivity contribution in [2.75, 3.05) is 6.61 Å². The van der Waals surface area contributed by atoms with Crippen LogP contribution < -0.4 is 5.43 Å². The van der Waals surface area contributed by atoms with Gasteiger partial charge in [-0.1, -0.05) is 24.3 Å². The molecule has 0 amide bonds. The van der Waals surface area contributed by atoms with Crippen LogP contribution >= 0.6 is 0 Å². The third-order valence-corrected chi connectivity index (χ3v) is 3.72. The molecule has 0 radical (unpaired) electrons. The number of fused-ring (bicyclic) bond motifs is 1. The van der Waals surface area contributed by atoms with Crippen LogP contribution in [0, 0.1) is 5.82 Å². The van der Waals surface area contributed by atoms with Gasteiger partial charge in [0.25, 0.3) is 0 Å². The first-order valence-electron chi connectivity index (χ1n) is 7.64. The first kappa shape index (κ1) is 15.9. The lowest BCUT2D eigenvalue weighted by atomic mass is 10.1. The number of carbonyl (C=O) groups is 1. The summed E-state index contributed by atoms with van der Waals surface area (Å²) in [5, 5.41) is 0.430. The molecule has 0 aliphatic carbocycles. The van der Waals surface area contributed by atoms with Crippen molar-refractivity contribution in [2.45, 2.75) is 13.5 Å². The summed E-state index contributed by atoms with van der Waals surface area (Å²) < 4.78 is 20.2. The molecule has 122 valence electrons. The molecule has 0 bridgehead atoms. The summed E-state index contributed by atoms with van der Waals surface area (Å²) in [4.78, 5) is 24.6. The number of nitrogens with zero attached hydrogens (tertiary/aromatic N) is 1. The lowest BCUT2D eigenvalue weighted by Crippen LogP contribution is -2.21. The standard InChI is InChI=1S/C19H16FNO3/c1-2-24-19(23)16-12-21(11-13-6-5-7-14(20)10-13)17-9-4-3-8-15(17)18(16)22/h3-10,12H,2,11H2,1H3. The number of hydrogen-bond acceptors (Lipinski definition) is 3. The molecule has 0 N–H and O–H groups in total. The maximum Gasteiger partial charge on any atom is 0.343 e. The molecule has 5 heteroatoms. The highest BCUT2D eigenvalue weighted by Crippen LogP contribution is 2.15. The molecule has 4 nitrogen and oxygen atoms in total. The second-order valence-corrected chi connectivity index (χ2v) is 5.37. The molecule has 0 atom stereocenters. The summed E-state index contributed by atoms with van der Waals surface area (Å²) in [6.07, 6.45) is 1.48. The number of para-hydroxylation sites is 1. The van der Waals surface area contributed by atoms with E-state index in [1.807, 2.05) is 6.07 Å². The van der Waals surface area contributed by atoms with E-state index in [1.54, 1.807) is 41.8 Å². The molecule has 0 spiro atoms. The molecule has 0 unspecified atom stereocenters. The number of aromatic nitrogens is 1. The number of benzene rings is 2. The monoisotopic (exact) mass is 325 g/mol. The van der Waals surface area contributed by atoms with Gasteiger partial charge >= 0.3 is 5.97 Å². The molecule has 0 fully saturated rings. The Morgan fingerprint density at radius 3 is 2.71 bits per heavy atom. The highest BCUT2D eigenvalue weighted by Gasteiger charge is 2.16. The van der Waals surface area contributed by atoms with Crippen LogP contribution in [0.15, 0.2) is 59.5 Å². The van der Waals surface area contributed by atoms with Gasteiger partial charge in [0.2, 0.25) is 5.43 Å². The van der Waals surface area contributed by atoms with Gasteiger partial charge in [0.15, 0.2) is 0 Å². The highest BCUT2D eigenvalue weighted by atomic mass is 19.1. The van der Waals surface area contributed by atoms with E-state index in [4.69, 9.17) is 4.74 Å². The second kappa shape index (κ2) is 6.66. The lowest BCUT2D eigenvalue weighted by Gasteiger charge is -2.13. The Morgan fingerprint density at radius 2 is 1.96 bits per heavy atom. The van der Waals surface area contributed by atoms with Crippen molar-refractivity contribution in [1.29, 1.82) is 0 Å². The number of ether oxygens (including phenoxy) is 1. The van der Waals surface area contributed by atoms with Crippen LogP contribution in [0.4, 0.5) is 4.39 Å². The average molecular weight is 325 g/mol. The van der Waals surface area contributed by atoms with E-state index in [0.29, 0.717) is 17.4 Å². The van der Waals surface area contributed by atoms with Crippen molar-refractivity contribution in [3.8, 4) is 0 Å². The van der Waals surface area contributed by atoms with Gasteiger partial charge in [-0.25, -0.2) is 9.18 Å². The zero-order valence-electron chi connectivity index (χ0n) is 13.2. The van der Waals surface area contributed by atoms with E-state index in [-0.39, 0.29) is 23.4 Å². The zero-order valence-corrected chi connectivity index (χ0v) is 13.2. The van der Waals surface area contributed by atoms with E-state index >= 15 is 0 Å². The van der Waals surface area contributed by atoms with Crippen molar-refractivity contribution >= 4 is 16.9 Å². The average Bonchev–Trinajstić information content (AvgIpc) is 2.58. The van der Waals surface area contributed by atoms with Crippen LogP contribution in [0.1, 0.15) is 22.8 Å². The Balaban J connectivity index is 2.17. The number of hydrogen-bond donors (Lipinski definition) is 0. The number of halogens is 1. The first-order chi connectivity index (χ1) is 11.6. The number of pyridine rings is 1. The summed E-state index contributed by atoms with van der Waals surface area (Å²) in [5.41, 5.74) is 1.03. The predicted octanol–water partition coefficient (Wildman–Crippen LogP) is 3.37. The minimum absolute atomic E-state index is 0.0213. The fourth-order valence-electron chi connectivity index (χ4n) is 2.66. The van der Waals surface area contributed by atoms with E-state index in [9.17, 15) is 14.0 Å². The molecular weight excluding hydrogens is 309 g/mol. The van der Waals surface area contributed by atoms with E-state index < -0.39 is 5.97 Å². The van der Waals surface area contributed by atoms with Crippen LogP contribution in [0.3, 0.4) is 0 Å². The summed E-state index contributed by atoms with van der Waals surface area (Å²) in [7, 11) is 0. The van der Waals surface area contributed by atoms with Gasteiger partial charge in [-0.05, 0) is 36.8 Å². The molecule has 3 rings (SSSR count). The van der Waals surface area contributed by atoms with Crippen molar-refractivity contribution in [1.82, 2.24) is 4.57 Å². The maximum atomic E-state index is 13.4. The molecule has 3 aromatic rings. The Hall–Kier alpha value is -2.95. The fourth-order valence-corrected chi connectivity index (χ4v) is 2.66. The molecule has 24 heavy (non-hydrogen) atoms. The van der Waals surface area contributed by atoms with Gasteiger partial charge in [0, 0.05) is 18.1 Å². The minimum Gasteiger partial charge on any atom is -0.462 e. The second-order valence-electron chi connectivity index (χ2n) is 5.37. The van der Waals surface area contributed by atoms with Crippen LogP contribution in [0.2, 0.25) is 0 Å². The summed E-state index contributed by atoms with van der Waals surface area (Å²) in [6, 6.07) is 13.2. The molecule has 0 saturated carbocycles. The number of rotatable bonds is 4. The van der Waals surface area contributed by atoms with Crippen molar-refractivity contribution in [3.63, 3.8) is 0 Å². The van der Waals surface area contributed by atoms with Crippen molar-refractivity contribution < 1.29 is 13.9 Å². The zero-order chi connectivity index (χ0) is 17.1. The smallest absolute Gasteiger partial charge is 0.343 e. The van der Waals surface area contributed by atoms with Crippen molar-refractivity contribution in [2.24, 2.45) is 0 Å². The SMILES string of the molecule is CCOC(=O)c1cn(Cc2cccc(F)c2)c2ccccc2c1=O. The Morgan fingerprint density at radius 1 is 1.17 bits per heavy atom. The van der Waals surface area contributed by atoms with Crippen LogP contribution in [-0.4, -0.2) is 17.1 Å². The van der Waals surface area contributed by atoms with Crippen LogP contribution in [0.5, 0.6) is 0 Å². The predicted molar refractivity (Wildman–Crippen MR) is 89.7 cm³/mol. The minimum atomic E-state index is -0.652. The topological polar surface area (TPSA) is 48.3 Å². The molecule has 1 heterocycles. The largest absolute Gasteiger partial charge is 0.462 e. The molecule has 0 aliphatic rings. The molecule has 2 aromatic carbocycles. The van der Waals surface area contributed by atoms with Gasteiger partial charge in [-0.2, -0.15) is 0 Å². The summed E-state index contributed by atoms with van der Waals surface area (Å²) in [5.74, 6) is -0.982. The van der Waals surface area contributed by atoms with Gasteiger partial charge in [-0.3, -0.25) is 4.79 Å². The quantitative estimate of drug-likeness (QED) is 0.691. The molecule has 1 aromatic heterocycles. The van der Waals surface area contributed by atoms with E-state index in [1.165, 1.54) is 18.3 Å². The van der Waals surface area contributed by atoms with E-state index in [0.717, 1.165) is 5.56 Å². The fraction of sp³-hybridized carbons (Fsp3) is 0.158. The Bertz CT molecular complexity index is 962. The maximum absolute atomic E-state index is 13.4. The van der Waals surface area contributed by atoms with Gasteiger partial charge < -0.3 is 9.30 Å². The first-order valence-corrected chi connectivity index (χ1v) is 7.64. The number of carbonyl (C=O) groups excluding carboxylic acids is 1. The van der Waals surface area contributed by atoms with E-state index in [2.05, 4.69) is 0 Å². The van der Waals surface area contributed by atoms with Crippen LogP contribution in [0.25, 0.3) is 10.9 Å². The Labute approximate surface area is 138 Å². The van der Waals surface area contributed by atoms with Gasteiger partial charge in [0.1, 0.15) is 11.4 Å². The molecule has 0 saturated heterocycles. The summed E-state index contributed by atoms with van der Waals surface area (Å²) >= 11 is 0. The van der Waals surface area contributed by atoms with Crippen molar-refractivity contribution in [3.05, 3.63) is 81.9 Å². The Kier molecular flexibility index (Phi) is 4.42.